The van der Waals surface area contributed by atoms with Gasteiger partial charge >= 0.3 is 0 Å². The first-order valence-electron chi connectivity index (χ1n) is 7.10. The third-order valence-electron chi connectivity index (χ3n) is 3.72. The molecule has 1 aliphatic heterocycles. The molecule has 0 saturated carbocycles. The predicted octanol–water partition coefficient (Wildman–Crippen LogP) is 3.24. The van der Waals surface area contributed by atoms with E-state index in [-0.39, 0.29) is 24.6 Å². The SMILES string of the molecule is O=S(=O)(c1cccc(Cl)c1)N1CCOC(c2ccccc2F)C1. The number of rotatable bonds is 3. The normalized spacial score (nSPS) is 19.7. The van der Waals surface area contributed by atoms with E-state index in [0.29, 0.717) is 10.6 Å². The van der Waals surface area contributed by atoms with E-state index in [2.05, 4.69) is 0 Å². The van der Waals surface area contributed by atoms with Gasteiger partial charge in [0.2, 0.25) is 10.0 Å². The van der Waals surface area contributed by atoms with Crippen LogP contribution in [0.1, 0.15) is 11.7 Å². The van der Waals surface area contributed by atoms with Gasteiger partial charge in [-0.2, -0.15) is 4.31 Å². The molecule has 122 valence electrons. The second-order valence-corrected chi connectivity index (χ2v) is 7.58. The van der Waals surface area contributed by atoms with Crippen LogP contribution in [0.2, 0.25) is 5.02 Å². The molecule has 1 fully saturated rings. The summed E-state index contributed by atoms with van der Waals surface area (Å²) in [6, 6.07) is 12.3. The van der Waals surface area contributed by atoms with Crippen LogP contribution in [-0.2, 0) is 14.8 Å². The van der Waals surface area contributed by atoms with Gasteiger partial charge in [-0.15, -0.1) is 0 Å². The molecule has 1 saturated heterocycles. The smallest absolute Gasteiger partial charge is 0.243 e. The lowest BCUT2D eigenvalue weighted by atomic mass is 10.1. The van der Waals surface area contributed by atoms with Gasteiger partial charge in [0.05, 0.1) is 17.6 Å². The molecule has 23 heavy (non-hydrogen) atoms. The zero-order valence-corrected chi connectivity index (χ0v) is 13.7. The first kappa shape index (κ1) is 16.4. The van der Waals surface area contributed by atoms with Crippen LogP contribution >= 0.6 is 11.6 Å². The summed E-state index contributed by atoms with van der Waals surface area (Å²) < 4.78 is 46.2. The quantitative estimate of drug-likeness (QED) is 0.849. The van der Waals surface area contributed by atoms with Crippen LogP contribution in [0.4, 0.5) is 4.39 Å². The van der Waals surface area contributed by atoms with E-state index < -0.39 is 21.9 Å². The van der Waals surface area contributed by atoms with E-state index in [9.17, 15) is 12.8 Å². The second-order valence-electron chi connectivity index (χ2n) is 5.20. The lowest BCUT2D eigenvalue weighted by molar-refractivity contribution is -0.00442. The average molecular weight is 356 g/mol. The van der Waals surface area contributed by atoms with Crippen molar-refractivity contribution >= 4 is 21.6 Å². The molecule has 0 amide bonds. The van der Waals surface area contributed by atoms with Crippen molar-refractivity contribution in [2.24, 2.45) is 0 Å². The molecule has 3 rings (SSSR count). The number of benzene rings is 2. The highest BCUT2D eigenvalue weighted by atomic mass is 35.5. The third-order valence-corrected chi connectivity index (χ3v) is 5.81. The topological polar surface area (TPSA) is 46.6 Å². The van der Waals surface area contributed by atoms with Gasteiger partial charge in [-0.1, -0.05) is 35.9 Å². The van der Waals surface area contributed by atoms with E-state index in [1.807, 2.05) is 0 Å². The maximum atomic E-state index is 13.9. The summed E-state index contributed by atoms with van der Waals surface area (Å²) >= 11 is 5.88. The fourth-order valence-electron chi connectivity index (χ4n) is 2.54. The number of morpholine rings is 1. The van der Waals surface area contributed by atoms with Crippen LogP contribution in [-0.4, -0.2) is 32.4 Å². The van der Waals surface area contributed by atoms with Gasteiger partial charge in [0.1, 0.15) is 5.82 Å². The lowest BCUT2D eigenvalue weighted by Gasteiger charge is -2.32. The number of nitrogens with zero attached hydrogens (tertiary/aromatic N) is 1. The molecule has 1 aliphatic rings. The molecule has 0 aliphatic carbocycles. The number of sulfonamides is 1. The van der Waals surface area contributed by atoms with Gasteiger partial charge in [-0.25, -0.2) is 12.8 Å². The van der Waals surface area contributed by atoms with Crippen LogP contribution < -0.4 is 0 Å². The second kappa shape index (κ2) is 6.57. The minimum atomic E-state index is -3.69. The Morgan fingerprint density at radius 1 is 1.17 bits per heavy atom. The summed E-state index contributed by atoms with van der Waals surface area (Å²) in [5.74, 6) is -0.403. The molecule has 0 N–H and O–H groups in total. The van der Waals surface area contributed by atoms with Crippen LogP contribution in [0, 0.1) is 5.82 Å². The van der Waals surface area contributed by atoms with E-state index in [1.165, 1.54) is 22.5 Å². The van der Waals surface area contributed by atoms with Gasteiger partial charge < -0.3 is 4.74 Å². The zero-order valence-electron chi connectivity index (χ0n) is 12.2. The van der Waals surface area contributed by atoms with E-state index in [4.69, 9.17) is 16.3 Å². The Morgan fingerprint density at radius 2 is 1.96 bits per heavy atom. The molecule has 2 aromatic carbocycles. The molecule has 0 spiro atoms. The van der Waals surface area contributed by atoms with Crippen LogP contribution in [0.3, 0.4) is 0 Å². The van der Waals surface area contributed by atoms with Crippen LogP contribution in [0.15, 0.2) is 53.4 Å². The Labute approximate surface area is 139 Å². The van der Waals surface area contributed by atoms with Gasteiger partial charge in [-0.3, -0.25) is 0 Å². The number of hydrogen-bond donors (Lipinski definition) is 0. The summed E-state index contributed by atoms with van der Waals surface area (Å²) in [5.41, 5.74) is 0.360. The summed E-state index contributed by atoms with van der Waals surface area (Å²) in [5, 5.41) is 0.352. The Balaban J connectivity index is 1.88. The van der Waals surface area contributed by atoms with Gasteiger partial charge in [0.15, 0.2) is 0 Å². The molecule has 1 heterocycles. The molecule has 0 aromatic heterocycles. The van der Waals surface area contributed by atoms with Crippen LogP contribution in [0.5, 0.6) is 0 Å². The minimum absolute atomic E-state index is 0.0653. The molecule has 0 bridgehead atoms. The molecule has 1 atom stereocenters. The Morgan fingerprint density at radius 3 is 2.70 bits per heavy atom. The number of halogens is 2. The first-order chi connectivity index (χ1) is 11.0. The Kier molecular flexibility index (Phi) is 4.68. The standard InChI is InChI=1S/C16H15ClFNO3S/c17-12-4-3-5-13(10-12)23(20,21)19-8-9-22-16(11-19)14-6-1-2-7-15(14)18/h1-7,10,16H,8-9,11H2. The highest BCUT2D eigenvalue weighted by Gasteiger charge is 2.32. The summed E-state index contributed by atoms with van der Waals surface area (Å²) in [4.78, 5) is 0.124. The molecular formula is C16H15ClFNO3S. The molecule has 7 heteroatoms. The zero-order chi connectivity index (χ0) is 16.4. The monoisotopic (exact) mass is 355 g/mol. The van der Waals surface area contributed by atoms with Crippen molar-refractivity contribution in [1.82, 2.24) is 4.31 Å². The number of ether oxygens (including phenoxy) is 1. The van der Waals surface area contributed by atoms with Gasteiger partial charge in [0.25, 0.3) is 0 Å². The van der Waals surface area contributed by atoms with Crippen molar-refractivity contribution < 1.29 is 17.5 Å². The highest BCUT2D eigenvalue weighted by Crippen LogP contribution is 2.28. The summed E-state index contributed by atoms with van der Waals surface area (Å²) in [7, 11) is -3.69. The van der Waals surface area contributed by atoms with Crippen molar-refractivity contribution in [3.63, 3.8) is 0 Å². The van der Waals surface area contributed by atoms with Gasteiger partial charge in [0, 0.05) is 23.7 Å². The number of hydrogen-bond acceptors (Lipinski definition) is 3. The Hall–Kier alpha value is -1.47. The molecule has 2 aromatic rings. The average Bonchev–Trinajstić information content (AvgIpc) is 2.55. The van der Waals surface area contributed by atoms with Gasteiger partial charge in [-0.05, 0) is 24.3 Å². The largest absolute Gasteiger partial charge is 0.371 e. The maximum absolute atomic E-state index is 13.9. The third kappa shape index (κ3) is 3.40. The van der Waals surface area contributed by atoms with Crippen LogP contribution in [0.25, 0.3) is 0 Å². The predicted molar refractivity (Wildman–Crippen MR) is 85.3 cm³/mol. The fraction of sp³-hybridized carbons (Fsp3) is 0.250. The van der Waals surface area contributed by atoms with Crippen molar-refractivity contribution in [3.8, 4) is 0 Å². The molecule has 4 nitrogen and oxygen atoms in total. The summed E-state index contributed by atoms with van der Waals surface area (Å²) in [6.07, 6.45) is -0.626. The molecular weight excluding hydrogens is 341 g/mol. The highest BCUT2D eigenvalue weighted by molar-refractivity contribution is 7.89. The lowest BCUT2D eigenvalue weighted by Crippen LogP contribution is -2.42. The maximum Gasteiger partial charge on any atom is 0.243 e. The first-order valence-corrected chi connectivity index (χ1v) is 8.92. The van der Waals surface area contributed by atoms with Crippen molar-refractivity contribution in [1.29, 1.82) is 0 Å². The minimum Gasteiger partial charge on any atom is -0.371 e. The van der Waals surface area contributed by atoms with Crippen molar-refractivity contribution in [2.45, 2.75) is 11.0 Å². The van der Waals surface area contributed by atoms with Crippen molar-refractivity contribution in [2.75, 3.05) is 19.7 Å². The fourth-order valence-corrected chi connectivity index (χ4v) is 4.27. The summed E-state index contributed by atoms with van der Waals surface area (Å²) in [6.45, 7) is 0.494. The van der Waals surface area contributed by atoms with Crippen molar-refractivity contribution in [3.05, 3.63) is 64.9 Å². The van der Waals surface area contributed by atoms with E-state index >= 15 is 0 Å². The van der Waals surface area contributed by atoms with E-state index in [1.54, 1.807) is 30.3 Å². The molecule has 1 unspecified atom stereocenters. The van der Waals surface area contributed by atoms with E-state index in [0.717, 1.165) is 0 Å². The Bertz CT molecular complexity index is 812. The molecule has 0 radical (unpaired) electrons.